The Morgan fingerprint density at radius 3 is 2.17 bits per heavy atom. The number of thioether (sulfide) groups is 1. The first-order valence-electron chi connectivity index (χ1n) is 11.1. The molecule has 0 heterocycles. The van der Waals surface area contributed by atoms with Crippen molar-refractivity contribution in [2.24, 2.45) is 0 Å². The van der Waals surface area contributed by atoms with Crippen molar-refractivity contribution in [1.82, 2.24) is 0 Å². The van der Waals surface area contributed by atoms with E-state index < -0.39 is 17.1 Å². The second kappa shape index (κ2) is 11.0. The third kappa shape index (κ3) is 5.67. The van der Waals surface area contributed by atoms with Crippen molar-refractivity contribution in [1.29, 1.82) is 0 Å². The van der Waals surface area contributed by atoms with Gasteiger partial charge in [0.2, 0.25) is 5.91 Å². The number of fused-ring (bicyclic) bond motifs is 1. The number of benzene rings is 4. The van der Waals surface area contributed by atoms with E-state index in [2.05, 4.69) is 10.6 Å². The maximum atomic E-state index is 13.1. The molecule has 3 N–H and O–H groups in total. The van der Waals surface area contributed by atoms with Crippen molar-refractivity contribution >= 4 is 51.7 Å². The Morgan fingerprint density at radius 2 is 1.47 bits per heavy atom. The Labute approximate surface area is 212 Å². The normalized spacial score (nSPS) is 11.5. The molecule has 0 saturated carbocycles. The Kier molecular flexibility index (Phi) is 7.56. The van der Waals surface area contributed by atoms with Crippen molar-refractivity contribution in [2.45, 2.75) is 17.1 Å². The topological polar surface area (TPSA) is 105 Å². The molecule has 182 valence electrons. The number of carboxylic acids is 1. The van der Waals surface area contributed by atoms with Crippen LogP contribution in [0.25, 0.3) is 10.8 Å². The first-order chi connectivity index (χ1) is 17.4. The van der Waals surface area contributed by atoms with Crippen LogP contribution >= 0.6 is 11.8 Å². The van der Waals surface area contributed by atoms with Gasteiger partial charge < -0.3 is 20.5 Å². The average Bonchev–Trinajstić information content (AvgIpc) is 2.88. The first kappa shape index (κ1) is 24.8. The summed E-state index contributed by atoms with van der Waals surface area (Å²) in [6.07, 6.45) is 0. The lowest BCUT2D eigenvalue weighted by Gasteiger charge is -2.14. The number of hydrogen-bond acceptors (Lipinski definition) is 5. The van der Waals surface area contributed by atoms with E-state index in [9.17, 15) is 19.5 Å². The minimum Gasteiger partial charge on any atom is -0.497 e. The van der Waals surface area contributed by atoms with Crippen LogP contribution in [0.5, 0.6) is 5.75 Å². The lowest BCUT2D eigenvalue weighted by Crippen LogP contribution is -2.22. The van der Waals surface area contributed by atoms with Crippen LogP contribution in [-0.2, 0) is 4.79 Å². The number of methoxy groups -OCH3 is 1. The molecule has 0 saturated heterocycles. The average molecular weight is 501 g/mol. The standard InChI is InChI=1S/C28H24N2O5S/c1-17(26(31)29-19-9-5-11-21(15-19)35-2)36-22-12-6-10-20(16-22)30-27(32)23-13-3-7-18-8-4-14-24(25(18)23)28(33)34/h3-17H,1-2H3,(H,29,31)(H,30,32)(H,33,34). The fourth-order valence-electron chi connectivity index (χ4n) is 3.76. The molecule has 8 heteroatoms. The highest BCUT2D eigenvalue weighted by atomic mass is 32.2. The van der Waals surface area contributed by atoms with Gasteiger partial charge in [0, 0.05) is 33.3 Å². The minimum atomic E-state index is -1.10. The van der Waals surface area contributed by atoms with Crippen LogP contribution in [0.15, 0.2) is 89.8 Å². The number of carbonyl (C=O) groups excluding carboxylic acids is 2. The van der Waals surface area contributed by atoms with Gasteiger partial charge in [0.25, 0.3) is 5.91 Å². The van der Waals surface area contributed by atoms with Crippen molar-refractivity contribution < 1.29 is 24.2 Å². The second-order valence-corrected chi connectivity index (χ2v) is 9.39. The zero-order valence-corrected chi connectivity index (χ0v) is 20.5. The number of carboxylic acid groups (broad SMARTS) is 1. The summed E-state index contributed by atoms with van der Waals surface area (Å²) in [6.45, 7) is 1.80. The number of aromatic carboxylic acids is 1. The van der Waals surface area contributed by atoms with Crippen LogP contribution in [0, 0.1) is 0 Å². The number of anilines is 2. The highest BCUT2D eigenvalue weighted by Gasteiger charge is 2.18. The Hall–Kier alpha value is -4.30. The van der Waals surface area contributed by atoms with Gasteiger partial charge in [-0.2, -0.15) is 0 Å². The first-order valence-corrected chi connectivity index (χ1v) is 12.0. The molecule has 4 aromatic carbocycles. The van der Waals surface area contributed by atoms with E-state index in [-0.39, 0.29) is 17.0 Å². The summed E-state index contributed by atoms with van der Waals surface area (Å²) in [5.41, 5.74) is 1.52. The molecule has 0 fully saturated rings. The molecule has 1 atom stereocenters. The van der Waals surface area contributed by atoms with Crippen LogP contribution in [0.3, 0.4) is 0 Å². The predicted octanol–water partition coefficient (Wildman–Crippen LogP) is 5.92. The zero-order valence-electron chi connectivity index (χ0n) is 19.6. The molecule has 0 aliphatic carbocycles. The summed E-state index contributed by atoms with van der Waals surface area (Å²) in [6, 6.07) is 24.3. The Balaban J connectivity index is 1.48. The van der Waals surface area contributed by atoms with Crippen LogP contribution in [0.2, 0.25) is 0 Å². The summed E-state index contributed by atoms with van der Waals surface area (Å²) in [4.78, 5) is 38.3. The summed E-state index contributed by atoms with van der Waals surface area (Å²) >= 11 is 1.35. The third-order valence-electron chi connectivity index (χ3n) is 5.49. The quantitative estimate of drug-likeness (QED) is 0.260. The molecule has 1 unspecified atom stereocenters. The van der Waals surface area contributed by atoms with Crippen molar-refractivity contribution in [3.8, 4) is 5.75 Å². The molecule has 4 aromatic rings. The molecule has 0 spiro atoms. The van der Waals surface area contributed by atoms with E-state index in [0.717, 1.165) is 4.90 Å². The van der Waals surface area contributed by atoms with Crippen LogP contribution < -0.4 is 15.4 Å². The highest BCUT2D eigenvalue weighted by molar-refractivity contribution is 8.00. The summed E-state index contributed by atoms with van der Waals surface area (Å²) in [7, 11) is 1.57. The fourth-order valence-corrected chi connectivity index (χ4v) is 4.68. The fraction of sp³-hybridized carbons (Fsp3) is 0.107. The van der Waals surface area contributed by atoms with Crippen LogP contribution in [0.4, 0.5) is 11.4 Å². The van der Waals surface area contributed by atoms with Crippen LogP contribution in [-0.4, -0.2) is 35.2 Å². The SMILES string of the molecule is COc1cccc(NC(=O)C(C)Sc2cccc(NC(=O)c3cccc4cccc(C(=O)O)c34)c2)c1. The maximum absolute atomic E-state index is 13.1. The number of amides is 2. The molecule has 4 rings (SSSR count). The van der Waals surface area contributed by atoms with Gasteiger partial charge in [0.05, 0.1) is 17.9 Å². The maximum Gasteiger partial charge on any atom is 0.336 e. The lowest BCUT2D eigenvalue weighted by atomic mass is 9.98. The van der Waals surface area contributed by atoms with Gasteiger partial charge in [0.15, 0.2) is 0 Å². The van der Waals surface area contributed by atoms with Crippen molar-refractivity contribution in [3.05, 3.63) is 96.1 Å². The number of ether oxygens (including phenoxy) is 1. The van der Waals surface area contributed by atoms with E-state index in [1.807, 2.05) is 6.07 Å². The third-order valence-corrected chi connectivity index (χ3v) is 6.58. The van der Waals surface area contributed by atoms with Crippen molar-refractivity contribution in [2.75, 3.05) is 17.7 Å². The molecule has 0 radical (unpaired) electrons. The molecule has 7 nitrogen and oxygen atoms in total. The zero-order chi connectivity index (χ0) is 25.7. The van der Waals surface area contributed by atoms with Gasteiger partial charge in [-0.05, 0) is 54.8 Å². The minimum absolute atomic E-state index is 0.0680. The summed E-state index contributed by atoms with van der Waals surface area (Å²) in [5.74, 6) is -1.03. The molecule has 0 aliphatic rings. The molecule has 2 amide bonds. The van der Waals surface area contributed by atoms with E-state index in [1.165, 1.54) is 17.8 Å². The molecule has 0 aliphatic heterocycles. The van der Waals surface area contributed by atoms with Gasteiger partial charge >= 0.3 is 5.97 Å². The smallest absolute Gasteiger partial charge is 0.336 e. The molecular formula is C28H24N2O5S. The van der Waals surface area contributed by atoms with E-state index >= 15 is 0 Å². The molecule has 36 heavy (non-hydrogen) atoms. The van der Waals surface area contributed by atoms with Crippen LogP contribution in [0.1, 0.15) is 27.6 Å². The van der Waals surface area contributed by atoms with Crippen molar-refractivity contribution in [3.63, 3.8) is 0 Å². The predicted molar refractivity (Wildman–Crippen MR) is 142 cm³/mol. The largest absolute Gasteiger partial charge is 0.497 e. The van der Waals surface area contributed by atoms with E-state index in [1.54, 1.807) is 86.8 Å². The van der Waals surface area contributed by atoms with E-state index in [0.29, 0.717) is 27.9 Å². The van der Waals surface area contributed by atoms with Gasteiger partial charge in [0.1, 0.15) is 5.75 Å². The molecular weight excluding hydrogens is 476 g/mol. The van der Waals surface area contributed by atoms with Gasteiger partial charge in [-0.3, -0.25) is 9.59 Å². The Morgan fingerprint density at radius 1 is 0.833 bits per heavy atom. The molecule has 0 aromatic heterocycles. The summed E-state index contributed by atoms with van der Waals surface area (Å²) < 4.78 is 5.19. The number of hydrogen-bond donors (Lipinski definition) is 3. The lowest BCUT2D eigenvalue weighted by molar-refractivity contribution is -0.115. The number of rotatable bonds is 8. The summed E-state index contributed by atoms with van der Waals surface area (Å²) in [5, 5.41) is 16.0. The second-order valence-electron chi connectivity index (χ2n) is 7.98. The van der Waals surface area contributed by atoms with E-state index in [4.69, 9.17) is 4.74 Å². The van der Waals surface area contributed by atoms with Gasteiger partial charge in [-0.1, -0.05) is 36.4 Å². The highest BCUT2D eigenvalue weighted by Crippen LogP contribution is 2.28. The Bertz CT molecular complexity index is 1450. The van der Waals surface area contributed by atoms with Gasteiger partial charge in [-0.15, -0.1) is 11.8 Å². The van der Waals surface area contributed by atoms with Gasteiger partial charge in [-0.25, -0.2) is 4.79 Å². The number of nitrogens with one attached hydrogen (secondary N) is 2. The number of carbonyl (C=O) groups is 3. The molecule has 0 bridgehead atoms. The monoisotopic (exact) mass is 500 g/mol.